The molecule has 1 rings (SSSR count). The van der Waals surface area contributed by atoms with E-state index < -0.39 is 0 Å². The van der Waals surface area contributed by atoms with Crippen molar-refractivity contribution in [2.75, 3.05) is 7.11 Å². The second-order valence-corrected chi connectivity index (χ2v) is 4.09. The van der Waals surface area contributed by atoms with Crippen molar-refractivity contribution in [3.05, 3.63) is 10.6 Å². The van der Waals surface area contributed by atoms with Crippen LogP contribution in [0.25, 0.3) is 0 Å². The second-order valence-electron chi connectivity index (χ2n) is 3.70. The summed E-state index contributed by atoms with van der Waals surface area (Å²) in [6.07, 6.45) is 0.150. The summed E-state index contributed by atoms with van der Waals surface area (Å²) in [5.41, 5.74) is 0. The fourth-order valence-corrected chi connectivity index (χ4v) is 1.49. The SMILES string of the molecule is COC(C)Cn1c(C(C)C)n[nH]c1=S. The minimum atomic E-state index is 0.150. The molecule has 0 aliphatic rings. The van der Waals surface area contributed by atoms with Crippen LogP contribution in [0.4, 0.5) is 0 Å². The van der Waals surface area contributed by atoms with E-state index in [0.717, 1.165) is 12.4 Å². The maximum absolute atomic E-state index is 5.20. The van der Waals surface area contributed by atoms with Crippen LogP contribution in [0, 0.1) is 4.77 Å². The molecule has 5 heteroatoms. The van der Waals surface area contributed by atoms with Gasteiger partial charge in [0.2, 0.25) is 0 Å². The van der Waals surface area contributed by atoms with Gasteiger partial charge in [0.25, 0.3) is 0 Å². The number of hydrogen-bond donors (Lipinski definition) is 1. The van der Waals surface area contributed by atoms with Gasteiger partial charge in [0, 0.05) is 13.0 Å². The van der Waals surface area contributed by atoms with Gasteiger partial charge in [-0.25, -0.2) is 0 Å². The average molecular weight is 215 g/mol. The minimum absolute atomic E-state index is 0.150. The first kappa shape index (κ1) is 11.4. The van der Waals surface area contributed by atoms with Gasteiger partial charge in [-0.3, -0.25) is 5.10 Å². The molecule has 0 radical (unpaired) electrons. The molecule has 1 unspecified atom stereocenters. The van der Waals surface area contributed by atoms with Gasteiger partial charge in [0.15, 0.2) is 4.77 Å². The molecule has 0 amide bonds. The summed E-state index contributed by atoms with van der Waals surface area (Å²) >= 11 is 5.15. The first-order chi connectivity index (χ1) is 6.56. The standard InChI is InChI=1S/C9H17N3OS/c1-6(2)8-10-11-9(14)12(8)5-7(3)13-4/h6-7H,5H2,1-4H3,(H,11,14). The summed E-state index contributed by atoms with van der Waals surface area (Å²) in [4.78, 5) is 0. The predicted octanol–water partition coefficient (Wildman–Crippen LogP) is 2.10. The molecule has 1 N–H and O–H groups in total. The summed E-state index contributed by atoms with van der Waals surface area (Å²) in [5.74, 6) is 1.35. The largest absolute Gasteiger partial charge is 0.380 e. The van der Waals surface area contributed by atoms with Crippen LogP contribution in [-0.4, -0.2) is 28.0 Å². The van der Waals surface area contributed by atoms with Crippen LogP contribution < -0.4 is 0 Å². The van der Waals surface area contributed by atoms with Crippen LogP contribution in [0.15, 0.2) is 0 Å². The van der Waals surface area contributed by atoms with E-state index in [1.165, 1.54) is 0 Å². The molecule has 0 saturated heterocycles. The lowest BCUT2D eigenvalue weighted by Gasteiger charge is -2.13. The van der Waals surface area contributed by atoms with Gasteiger partial charge in [-0.2, -0.15) is 5.10 Å². The highest BCUT2D eigenvalue weighted by atomic mass is 32.1. The number of nitrogens with one attached hydrogen (secondary N) is 1. The summed E-state index contributed by atoms with van der Waals surface area (Å²) < 4.78 is 7.86. The van der Waals surface area contributed by atoms with Crippen molar-refractivity contribution in [2.45, 2.75) is 39.3 Å². The van der Waals surface area contributed by atoms with Crippen molar-refractivity contribution in [1.29, 1.82) is 0 Å². The third-order valence-corrected chi connectivity index (χ3v) is 2.46. The van der Waals surface area contributed by atoms with Gasteiger partial charge in [0.05, 0.1) is 12.6 Å². The Hall–Kier alpha value is -0.680. The van der Waals surface area contributed by atoms with E-state index in [0.29, 0.717) is 10.7 Å². The van der Waals surface area contributed by atoms with Gasteiger partial charge in [-0.15, -0.1) is 0 Å². The summed E-state index contributed by atoms with van der Waals surface area (Å²) in [7, 11) is 1.70. The Kier molecular flexibility index (Phi) is 3.83. The number of nitrogens with zero attached hydrogens (tertiary/aromatic N) is 2. The van der Waals surface area contributed by atoms with Crippen LogP contribution in [-0.2, 0) is 11.3 Å². The maximum atomic E-state index is 5.20. The minimum Gasteiger partial charge on any atom is -0.380 e. The lowest BCUT2D eigenvalue weighted by molar-refractivity contribution is 0.102. The Morgan fingerprint density at radius 1 is 1.50 bits per heavy atom. The van der Waals surface area contributed by atoms with E-state index in [1.54, 1.807) is 7.11 Å². The lowest BCUT2D eigenvalue weighted by Crippen LogP contribution is -2.17. The zero-order valence-electron chi connectivity index (χ0n) is 9.07. The number of H-pyrrole nitrogens is 1. The van der Waals surface area contributed by atoms with E-state index >= 15 is 0 Å². The summed E-state index contributed by atoms with van der Waals surface area (Å²) in [6, 6.07) is 0. The number of aromatic amines is 1. The monoisotopic (exact) mass is 215 g/mol. The van der Waals surface area contributed by atoms with Crippen molar-refractivity contribution in [2.24, 2.45) is 0 Å². The van der Waals surface area contributed by atoms with Crippen LogP contribution in [0.1, 0.15) is 32.5 Å². The molecule has 4 nitrogen and oxygen atoms in total. The molecular formula is C9H17N3OS. The molecule has 0 spiro atoms. The highest BCUT2D eigenvalue weighted by molar-refractivity contribution is 7.71. The summed E-state index contributed by atoms with van der Waals surface area (Å²) in [5, 5.41) is 7.00. The zero-order chi connectivity index (χ0) is 10.7. The third kappa shape index (κ3) is 2.42. The maximum Gasteiger partial charge on any atom is 0.195 e. The van der Waals surface area contributed by atoms with Crippen molar-refractivity contribution in [3.63, 3.8) is 0 Å². The first-order valence-electron chi connectivity index (χ1n) is 4.74. The normalized spacial score (nSPS) is 13.5. The van der Waals surface area contributed by atoms with Gasteiger partial charge in [-0.1, -0.05) is 13.8 Å². The highest BCUT2D eigenvalue weighted by Gasteiger charge is 2.11. The molecule has 0 aliphatic heterocycles. The number of rotatable bonds is 4. The Morgan fingerprint density at radius 2 is 2.14 bits per heavy atom. The van der Waals surface area contributed by atoms with Crippen LogP contribution in [0.5, 0.6) is 0 Å². The van der Waals surface area contributed by atoms with Crippen molar-refractivity contribution in [1.82, 2.24) is 14.8 Å². The van der Waals surface area contributed by atoms with Crippen molar-refractivity contribution in [3.8, 4) is 0 Å². The topological polar surface area (TPSA) is 42.8 Å². The van der Waals surface area contributed by atoms with Gasteiger partial charge < -0.3 is 9.30 Å². The number of ether oxygens (including phenoxy) is 1. The Morgan fingerprint density at radius 3 is 2.64 bits per heavy atom. The van der Waals surface area contributed by atoms with E-state index in [-0.39, 0.29) is 6.10 Å². The second kappa shape index (κ2) is 4.70. The fourth-order valence-electron chi connectivity index (χ4n) is 1.28. The zero-order valence-corrected chi connectivity index (χ0v) is 9.89. The molecular weight excluding hydrogens is 198 g/mol. The lowest BCUT2D eigenvalue weighted by atomic mass is 10.2. The molecule has 80 valence electrons. The molecule has 0 aromatic carbocycles. The fraction of sp³-hybridized carbons (Fsp3) is 0.778. The predicted molar refractivity (Wildman–Crippen MR) is 58.0 cm³/mol. The Balaban J connectivity index is 2.94. The molecule has 0 saturated carbocycles. The number of aromatic nitrogens is 3. The molecule has 14 heavy (non-hydrogen) atoms. The molecule has 0 bridgehead atoms. The smallest absolute Gasteiger partial charge is 0.195 e. The van der Waals surface area contributed by atoms with E-state index in [1.807, 2.05) is 11.5 Å². The quantitative estimate of drug-likeness (QED) is 0.782. The Bertz CT molecular complexity index is 342. The molecule has 1 heterocycles. The molecule has 1 aromatic heterocycles. The van der Waals surface area contributed by atoms with E-state index in [2.05, 4.69) is 24.0 Å². The highest BCUT2D eigenvalue weighted by Crippen LogP contribution is 2.12. The molecule has 1 aromatic rings. The van der Waals surface area contributed by atoms with Gasteiger partial charge in [0.1, 0.15) is 5.82 Å². The molecule has 0 aliphatic carbocycles. The van der Waals surface area contributed by atoms with Crippen LogP contribution in [0.3, 0.4) is 0 Å². The van der Waals surface area contributed by atoms with Crippen LogP contribution >= 0.6 is 12.2 Å². The third-order valence-electron chi connectivity index (χ3n) is 2.15. The van der Waals surface area contributed by atoms with Crippen molar-refractivity contribution < 1.29 is 4.74 Å². The number of methoxy groups -OCH3 is 1. The Labute approximate surface area is 89.3 Å². The average Bonchev–Trinajstić information content (AvgIpc) is 2.48. The van der Waals surface area contributed by atoms with Crippen LogP contribution in [0.2, 0.25) is 0 Å². The van der Waals surface area contributed by atoms with E-state index in [9.17, 15) is 0 Å². The number of hydrogen-bond acceptors (Lipinski definition) is 3. The molecule has 0 fully saturated rings. The summed E-state index contributed by atoms with van der Waals surface area (Å²) in [6.45, 7) is 6.95. The first-order valence-corrected chi connectivity index (χ1v) is 5.15. The van der Waals surface area contributed by atoms with E-state index in [4.69, 9.17) is 17.0 Å². The van der Waals surface area contributed by atoms with Crippen molar-refractivity contribution >= 4 is 12.2 Å². The van der Waals surface area contributed by atoms with Gasteiger partial charge >= 0.3 is 0 Å². The molecule has 1 atom stereocenters. The van der Waals surface area contributed by atoms with Gasteiger partial charge in [-0.05, 0) is 19.1 Å².